The zero-order chi connectivity index (χ0) is 37.4. The first kappa shape index (κ1) is 36.2. The lowest BCUT2D eigenvalue weighted by Gasteiger charge is -2.36. The van der Waals surface area contributed by atoms with Crippen LogP contribution < -0.4 is 21.3 Å². The maximum absolute atomic E-state index is 15.3. The third-order valence-corrected chi connectivity index (χ3v) is 11.6. The van der Waals surface area contributed by atoms with Gasteiger partial charge in [0.05, 0.1) is 29.6 Å². The topological polar surface area (TPSA) is 130 Å². The molecule has 1 amide bonds. The number of rotatable bonds is 11. The van der Waals surface area contributed by atoms with Crippen LogP contribution in [0.1, 0.15) is 42.7 Å². The van der Waals surface area contributed by atoms with E-state index in [0.717, 1.165) is 24.1 Å². The highest BCUT2D eigenvalue weighted by molar-refractivity contribution is 8.01. The summed E-state index contributed by atoms with van der Waals surface area (Å²) >= 11 is 0. The van der Waals surface area contributed by atoms with Gasteiger partial charge in [-0.1, -0.05) is 18.2 Å². The van der Waals surface area contributed by atoms with Gasteiger partial charge in [-0.15, -0.1) is 9.93 Å². The Hall–Kier alpha value is -5.14. The molecular formula is C40H45FN6O5S. The molecule has 7 rings (SSSR count). The number of thiol groups is 1. The predicted octanol–water partition coefficient (Wildman–Crippen LogP) is 4.71. The van der Waals surface area contributed by atoms with Crippen LogP contribution in [0.5, 0.6) is 0 Å². The summed E-state index contributed by atoms with van der Waals surface area (Å²) in [5, 5.41) is 14.3. The van der Waals surface area contributed by atoms with Gasteiger partial charge in [-0.2, -0.15) is 0 Å². The van der Waals surface area contributed by atoms with Crippen LogP contribution in [-0.2, 0) is 28.4 Å². The van der Waals surface area contributed by atoms with Crippen molar-refractivity contribution in [2.75, 3.05) is 54.7 Å². The van der Waals surface area contributed by atoms with Gasteiger partial charge in [0.15, 0.2) is 0 Å². The number of carbonyl (C=O) groups is 1. The Balaban J connectivity index is 1.09. The summed E-state index contributed by atoms with van der Waals surface area (Å²) < 4.78 is 30.1. The molecule has 4 heterocycles. The molecule has 1 saturated carbocycles. The van der Waals surface area contributed by atoms with Crippen molar-refractivity contribution < 1.29 is 18.5 Å². The molecule has 2 aromatic carbocycles. The van der Waals surface area contributed by atoms with Crippen LogP contribution in [0.15, 0.2) is 82.8 Å². The summed E-state index contributed by atoms with van der Waals surface area (Å²) in [5.41, 5.74) is 3.38. The monoisotopic (exact) mass is 740 g/mol. The number of nitrogens with one attached hydrogen (secondary N) is 1. The first-order chi connectivity index (χ1) is 25.4. The minimum absolute atomic E-state index is 0.00395. The molecule has 0 unspecified atom stereocenters. The van der Waals surface area contributed by atoms with Gasteiger partial charge in [-0.05, 0) is 90.6 Å². The standard InChI is InChI=1S/C40H45FN6O5S/c1-44-24-29(31-6-4-7-35(32(31)25-48)47-14-13-27-20-28(26-9-10-26)21-33(41)38(27)40(47)51)22-34(39(44)50)43-36-12-11-30(23-42-36)45-15-17-46(18-16-45)37(49)8-5-19-53(2,3)52/h4,6-7,11-14,20-24,26,48,53H,5,8-10,15-19,25H2,1-3H3,(H,42,43). The van der Waals surface area contributed by atoms with Crippen molar-refractivity contribution in [3.63, 3.8) is 0 Å². The normalized spacial score (nSPS) is 15.2. The van der Waals surface area contributed by atoms with E-state index in [1.165, 1.54) is 15.2 Å². The van der Waals surface area contributed by atoms with Gasteiger partial charge in [0.25, 0.3) is 11.1 Å². The van der Waals surface area contributed by atoms with Crippen molar-refractivity contribution >= 4 is 43.8 Å². The van der Waals surface area contributed by atoms with E-state index in [1.54, 1.807) is 68.5 Å². The number of benzene rings is 2. The summed E-state index contributed by atoms with van der Waals surface area (Å²) in [7, 11) is -0.489. The van der Waals surface area contributed by atoms with Crippen LogP contribution in [0.4, 0.5) is 21.6 Å². The second-order valence-corrected chi connectivity index (χ2v) is 18.1. The Kier molecular flexibility index (Phi) is 10.1. The van der Waals surface area contributed by atoms with Gasteiger partial charge < -0.3 is 24.8 Å². The molecule has 2 aliphatic rings. The van der Waals surface area contributed by atoms with Gasteiger partial charge >= 0.3 is 0 Å². The molecule has 0 atom stereocenters. The molecule has 0 bridgehead atoms. The van der Waals surface area contributed by atoms with Crippen LogP contribution in [0.3, 0.4) is 0 Å². The second-order valence-electron chi connectivity index (χ2n) is 14.5. The van der Waals surface area contributed by atoms with E-state index in [4.69, 9.17) is 0 Å². The van der Waals surface area contributed by atoms with Crippen LogP contribution in [0.25, 0.3) is 27.6 Å². The van der Waals surface area contributed by atoms with Gasteiger partial charge in [0.1, 0.15) is 17.3 Å². The smallest absolute Gasteiger partial charge is 0.274 e. The maximum Gasteiger partial charge on any atom is 0.274 e. The Morgan fingerprint density at radius 3 is 2.47 bits per heavy atom. The van der Waals surface area contributed by atoms with E-state index < -0.39 is 27.9 Å². The van der Waals surface area contributed by atoms with Gasteiger partial charge in [-0.3, -0.25) is 23.2 Å². The fourth-order valence-corrected chi connectivity index (χ4v) is 8.07. The summed E-state index contributed by atoms with van der Waals surface area (Å²) in [6, 6.07) is 15.8. The predicted molar refractivity (Wildman–Crippen MR) is 210 cm³/mol. The van der Waals surface area contributed by atoms with Crippen LogP contribution in [0, 0.1) is 5.82 Å². The van der Waals surface area contributed by atoms with Crippen molar-refractivity contribution in [3.05, 3.63) is 111 Å². The molecule has 13 heteroatoms. The van der Waals surface area contributed by atoms with Crippen molar-refractivity contribution in [2.24, 2.45) is 7.05 Å². The van der Waals surface area contributed by atoms with Crippen molar-refractivity contribution in [2.45, 2.75) is 38.2 Å². The summed E-state index contributed by atoms with van der Waals surface area (Å²) in [6.45, 7) is 2.12. The molecule has 3 aromatic heterocycles. The molecule has 53 heavy (non-hydrogen) atoms. The van der Waals surface area contributed by atoms with E-state index in [9.17, 15) is 23.7 Å². The summed E-state index contributed by atoms with van der Waals surface area (Å²) in [6.07, 6.45) is 11.6. The van der Waals surface area contributed by atoms with Crippen LogP contribution in [-0.4, -0.2) is 78.7 Å². The highest BCUT2D eigenvalue weighted by Gasteiger charge is 2.26. The molecular weight excluding hydrogens is 696 g/mol. The van der Waals surface area contributed by atoms with Gasteiger partial charge in [0, 0.05) is 68.9 Å². The Morgan fingerprint density at radius 1 is 1.02 bits per heavy atom. The third kappa shape index (κ3) is 7.81. The highest BCUT2D eigenvalue weighted by Crippen LogP contribution is 2.41. The number of halogens is 1. The number of hydrogen-bond acceptors (Lipinski definition) is 8. The van der Waals surface area contributed by atoms with Gasteiger partial charge in [0.2, 0.25) is 5.91 Å². The summed E-state index contributed by atoms with van der Waals surface area (Å²) in [5.74, 6) is 0.933. The molecule has 5 aromatic rings. The lowest BCUT2D eigenvalue weighted by molar-refractivity contribution is -0.131. The molecule has 0 spiro atoms. The SMILES string of the molecule is Cn1cc(-c2cccc(-n3ccc4cc(C5CC5)cc(F)c4c3=O)c2CO)cc(Nc2ccc(N3CCN(C(=O)CCC[SH](C)(C)=O)CC3)cn2)c1=O. The highest BCUT2D eigenvalue weighted by atomic mass is 32.2. The van der Waals surface area contributed by atoms with Crippen molar-refractivity contribution in [1.82, 2.24) is 19.0 Å². The number of carbonyl (C=O) groups excluding carboxylic acids is 1. The number of anilines is 3. The number of aromatic nitrogens is 3. The lowest BCUT2D eigenvalue weighted by atomic mass is 9.98. The fraction of sp³-hybridized carbons (Fsp3) is 0.350. The van der Waals surface area contributed by atoms with E-state index in [-0.39, 0.29) is 22.5 Å². The molecule has 1 aliphatic heterocycles. The van der Waals surface area contributed by atoms with Crippen molar-refractivity contribution in [3.8, 4) is 16.8 Å². The van der Waals surface area contributed by atoms with E-state index in [2.05, 4.69) is 15.2 Å². The van der Waals surface area contributed by atoms with E-state index in [1.807, 2.05) is 23.1 Å². The molecule has 278 valence electrons. The Labute approximate surface area is 308 Å². The second kappa shape index (κ2) is 14.7. The van der Waals surface area contributed by atoms with E-state index >= 15 is 4.39 Å². The zero-order valence-corrected chi connectivity index (χ0v) is 31.1. The van der Waals surface area contributed by atoms with Gasteiger partial charge in [-0.25, -0.2) is 9.37 Å². The number of amides is 1. The number of nitrogens with zero attached hydrogens (tertiary/aromatic N) is 5. The first-order valence-corrected chi connectivity index (χ1v) is 20.8. The first-order valence-electron chi connectivity index (χ1n) is 18.0. The number of aryl methyl sites for hydroxylation is 1. The Bertz CT molecular complexity index is 2360. The molecule has 2 fully saturated rings. The molecule has 1 aliphatic carbocycles. The third-order valence-electron chi connectivity index (χ3n) is 10.2. The number of aliphatic hydroxyl groups is 1. The molecule has 1 saturated heterocycles. The number of piperazine rings is 1. The van der Waals surface area contributed by atoms with Crippen LogP contribution in [0.2, 0.25) is 0 Å². The number of pyridine rings is 3. The molecule has 11 nitrogen and oxygen atoms in total. The number of fused-ring (bicyclic) bond motifs is 1. The van der Waals surface area contributed by atoms with Crippen LogP contribution >= 0.6 is 0 Å². The maximum atomic E-state index is 15.3. The molecule has 0 radical (unpaired) electrons. The molecule has 2 N–H and O–H groups in total. The summed E-state index contributed by atoms with van der Waals surface area (Å²) in [4.78, 5) is 48.2. The minimum atomic E-state index is -2.13. The fourth-order valence-electron chi connectivity index (χ4n) is 7.15. The zero-order valence-electron chi connectivity index (χ0n) is 30.2. The van der Waals surface area contributed by atoms with E-state index in [0.29, 0.717) is 84.3 Å². The lowest BCUT2D eigenvalue weighted by Crippen LogP contribution is -2.48. The average Bonchev–Trinajstić information content (AvgIpc) is 3.99. The number of hydrogen-bond donors (Lipinski definition) is 3. The van der Waals surface area contributed by atoms with Crippen molar-refractivity contribution in [1.29, 1.82) is 0 Å². The number of aliphatic hydroxyl groups excluding tert-OH is 1. The largest absolute Gasteiger partial charge is 0.392 e. The minimum Gasteiger partial charge on any atom is -0.392 e. The quantitative estimate of drug-likeness (QED) is 0.166. The average molecular weight is 741 g/mol. The Morgan fingerprint density at radius 2 is 1.79 bits per heavy atom.